The van der Waals surface area contributed by atoms with Crippen LogP contribution in [0.5, 0.6) is 0 Å². The Morgan fingerprint density at radius 3 is 2.83 bits per heavy atom. The zero-order valence-electron chi connectivity index (χ0n) is 13.1. The molecule has 3 rings (SSSR count). The van der Waals surface area contributed by atoms with E-state index in [4.69, 9.17) is 10.7 Å². The summed E-state index contributed by atoms with van der Waals surface area (Å²) in [6.07, 6.45) is 3.15. The third kappa shape index (κ3) is 2.74. The molecule has 1 aliphatic heterocycles. The Morgan fingerprint density at radius 1 is 1.42 bits per heavy atom. The van der Waals surface area contributed by atoms with E-state index in [1.165, 1.54) is 24.6 Å². The number of sulfonamides is 1. The van der Waals surface area contributed by atoms with Crippen LogP contribution in [0.2, 0.25) is 0 Å². The van der Waals surface area contributed by atoms with Gasteiger partial charge in [-0.25, -0.2) is 12.7 Å². The van der Waals surface area contributed by atoms with Gasteiger partial charge in [-0.15, -0.1) is 11.3 Å². The summed E-state index contributed by atoms with van der Waals surface area (Å²) in [5.41, 5.74) is 1.26. The number of rotatable bonds is 2. The molecular weight excluding hydrogens is 346 g/mol. The minimum absolute atomic E-state index is 0.130. The molecule has 3 heterocycles. The maximum absolute atomic E-state index is 12.2. The number of nitrogens with one attached hydrogen (secondary N) is 2. The molecule has 24 heavy (non-hydrogen) atoms. The first-order valence-corrected chi connectivity index (χ1v) is 9.52. The zero-order valence-corrected chi connectivity index (χ0v) is 14.7. The lowest BCUT2D eigenvalue weighted by molar-refractivity contribution is 0.424. The minimum atomic E-state index is -3.53. The zero-order chi connectivity index (χ0) is 17.5. The van der Waals surface area contributed by atoms with Gasteiger partial charge in [0.25, 0.3) is 0 Å². The van der Waals surface area contributed by atoms with Crippen molar-refractivity contribution in [3.05, 3.63) is 40.3 Å². The third-order valence-electron chi connectivity index (χ3n) is 3.94. The molecule has 0 spiro atoms. The molecule has 1 atom stereocenters. The minimum Gasteiger partial charge on any atom is -0.344 e. The highest BCUT2D eigenvalue weighted by atomic mass is 32.2. The number of nitriles is 1. The highest BCUT2D eigenvalue weighted by Crippen LogP contribution is 2.35. The van der Waals surface area contributed by atoms with Gasteiger partial charge in [0.1, 0.15) is 6.07 Å². The smallest absolute Gasteiger partial charge is 0.239 e. The highest BCUT2D eigenvalue weighted by Gasteiger charge is 2.42. The summed E-state index contributed by atoms with van der Waals surface area (Å²) >= 11 is 1.41. The van der Waals surface area contributed by atoms with Crippen molar-refractivity contribution >= 4 is 27.3 Å². The van der Waals surface area contributed by atoms with E-state index in [0.717, 1.165) is 20.3 Å². The molecule has 0 aromatic carbocycles. The summed E-state index contributed by atoms with van der Waals surface area (Å²) in [7, 11) is -2.17. The first-order chi connectivity index (χ1) is 11.2. The fourth-order valence-corrected chi connectivity index (χ4v) is 5.15. The number of guanidine groups is 1. The van der Waals surface area contributed by atoms with Crippen LogP contribution in [0.25, 0.3) is 11.1 Å². The molecule has 9 heteroatoms. The van der Waals surface area contributed by atoms with Gasteiger partial charge in [0, 0.05) is 29.9 Å². The molecule has 2 aromatic rings. The second-order valence-corrected chi connectivity index (χ2v) is 8.71. The summed E-state index contributed by atoms with van der Waals surface area (Å²) in [6.45, 7) is 1.77. The number of aromatic nitrogens is 1. The molecule has 0 amide bonds. The Labute approximate surface area is 144 Å². The number of hydrogen-bond donors (Lipinski definition) is 2. The van der Waals surface area contributed by atoms with Crippen molar-refractivity contribution in [2.24, 2.45) is 0 Å². The topological polar surface area (TPSA) is 110 Å². The normalized spacial score (nSPS) is 22.7. The van der Waals surface area contributed by atoms with Crippen LogP contribution in [-0.2, 0) is 15.6 Å². The van der Waals surface area contributed by atoms with E-state index < -0.39 is 15.6 Å². The van der Waals surface area contributed by atoms with Crippen molar-refractivity contribution in [3.63, 3.8) is 0 Å². The van der Waals surface area contributed by atoms with E-state index in [1.54, 1.807) is 19.2 Å². The van der Waals surface area contributed by atoms with Gasteiger partial charge in [0.2, 0.25) is 16.0 Å². The van der Waals surface area contributed by atoms with Gasteiger partial charge in [-0.05, 0) is 30.0 Å². The average Bonchev–Trinajstić information content (AvgIpc) is 3.03. The number of pyridine rings is 1. The van der Waals surface area contributed by atoms with Gasteiger partial charge < -0.3 is 5.32 Å². The monoisotopic (exact) mass is 361 g/mol. The summed E-state index contributed by atoms with van der Waals surface area (Å²) in [6, 6.07) is 5.67. The van der Waals surface area contributed by atoms with E-state index in [2.05, 4.69) is 16.4 Å². The van der Waals surface area contributed by atoms with E-state index >= 15 is 0 Å². The van der Waals surface area contributed by atoms with Crippen LogP contribution in [0, 0.1) is 16.7 Å². The van der Waals surface area contributed by atoms with Gasteiger partial charge in [0.15, 0.2) is 0 Å². The second-order valence-electron chi connectivity index (χ2n) is 5.80. The van der Waals surface area contributed by atoms with E-state index in [9.17, 15) is 8.42 Å². The molecule has 0 unspecified atom stereocenters. The Hall–Kier alpha value is -2.44. The number of nitrogens with zero attached hydrogens (tertiary/aromatic N) is 3. The van der Waals surface area contributed by atoms with Crippen molar-refractivity contribution in [1.29, 1.82) is 10.7 Å². The largest absolute Gasteiger partial charge is 0.344 e. The van der Waals surface area contributed by atoms with Crippen LogP contribution in [0.4, 0.5) is 0 Å². The molecular formula is C15H15N5O2S2. The standard InChI is InChI=1S/C15H15N5O2S2/c1-15(9-24(21,22)20(2)14(17)19-15)13-4-12(8-23-13)11-3-10(5-16)6-18-7-11/h3-4,6-8H,9H2,1-2H3,(H2,17,19)/t15-/m0/s1. The molecule has 1 aliphatic rings. The van der Waals surface area contributed by atoms with Crippen molar-refractivity contribution in [1.82, 2.24) is 14.6 Å². The average molecular weight is 361 g/mol. The quantitative estimate of drug-likeness (QED) is 0.846. The number of hydrogen-bond acceptors (Lipinski definition) is 6. The molecule has 7 nitrogen and oxygen atoms in total. The van der Waals surface area contributed by atoms with Crippen molar-refractivity contribution in [2.75, 3.05) is 12.8 Å². The van der Waals surface area contributed by atoms with Crippen LogP contribution < -0.4 is 5.32 Å². The molecule has 124 valence electrons. The predicted octanol–water partition coefficient (Wildman–Crippen LogP) is 1.70. The summed E-state index contributed by atoms with van der Waals surface area (Å²) < 4.78 is 25.4. The van der Waals surface area contributed by atoms with Crippen molar-refractivity contribution in [3.8, 4) is 17.2 Å². The first-order valence-electron chi connectivity index (χ1n) is 7.03. The molecule has 0 saturated carbocycles. The lowest BCUT2D eigenvalue weighted by Gasteiger charge is -2.39. The van der Waals surface area contributed by atoms with Gasteiger partial charge in [-0.2, -0.15) is 5.26 Å². The number of thiophene rings is 1. The van der Waals surface area contributed by atoms with E-state index in [0.29, 0.717) is 5.56 Å². The Morgan fingerprint density at radius 2 is 2.17 bits per heavy atom. The van der Waals surface area contributed by atoms with Crippen LogP contribution in [0.1, 0.15) is 17.4 Å². The summed E-state index contributed by atoms with van der Waals surface area (Å²) in [5.74, 6) is -0.276. The SMILES string of the molecule is CN1C(=N)N[C@](C)(c2cc(-c3cncc(C#N)c3)cs2)CS1(=O)=O. The van der Waals surface area contributed by atoms with Gasteiger partial charge in [0.05, 0.1) is 16.9 Å². The maximum atomic E-state index is 12.2. The fourth-order valence-electron chi connectivity index (χ4n) is 2.55. The molecule has 0 radical (unpaired) electrons. The maximum Gasteiger partial charge on any atom is 0.239 e. The van der Waals surface area contributed by atoms with Crippen LogP contribution in [0.15, 0.2) is 29.9 Å². The lowest BCUT2D eigenvalue weighted by atomic mass is 10.0. The van der Waals surface area contributed by atoms with E-state index in [1.807, 2.05) is 11.4 Å². The first kappa shape index (κ1) is 16.4. The van der Waals surface area contributed by atoms with E-state index in [-0.39, 0.29) is 11.7 Å². The Bertz CT molecular complexity index is 960. The van der Waals surface area contributed by atoms with Gasteiger partial charge in [-0.3, -0.25) is 10.4 Å². The summed E-state index contributed by atoms with van der Waals surface area (Å²) in [4.78, 5) is 4.85. The Kier molecular flexibility index (Phi) is 3.81. The van der Waals surface area contributed by atoms with Crippen molar-refractivity contribution < 1.29 is 8.42 Å². The molecule has 1 saturated heterocycles. The highest BCUT2D eigenvalue weighted by molar-refractivity contribution is 7.89. The van der Waals surface area contributed by atoms with Crippen molar-refractivity contribution in [2.45, 2.75) is 12.5 Å². The third-order valence-corrected chi connectivity index (χ3v) is 7.09. The molecule has 2 aromatic heterocycles. The fraction of sp³-hybridized carbons (Fsp3) is 0.267. The molecule has 0 aliphatic carbocycles. The molecule has 2 N–H and O–H groups in total. The van der Waals surface area contributed by atoms with Crippen LogP contribution in [0.3, 0.4) is 0 Å². The molecule has 1 fully saturated rings. The second kappa shape index (κ2) is 5.58. The van der Waals surface area contributed by atoms with Crippen LogP contribution in [-0.4, -0.2) is 36.5 Å². The Balaban J connectivity index is 1.98. The van der Waals surface area contributed by atoms with Gasteiger partial charge >= 0.3 is 0 Å². The molecule has 0 bridgehead atoms. The van der Waals surface area contributed by atoms with Gasteiger partial charge in [-0.1, -0.05) is 0 Å². The summed E-state index contributed by atoms with van der Waals surface area (Å²) in [5, 5.41) is 21.7. The predicted molar refractivity (Wildman–Crippen MR) is 92.0 cm³/mol. The lowest BCUT2D eigenvalue weighted by Crippen LogP contribution is -2.60. The van der Waals surface area contributed by atoms with Crippen LogP contribution >= 0.6 is 11.3 Å².